The van der Waals surface area contributed by atoms with E-state index in [0.717, 1.165) is 6.42 Å². The summed E-state index contributed by atoms with van der Waals surface area (Å²) in [5.41, 5.74) is 0.454. The fraction of sp³-hybridized carbons (Fsp3) is 0.500. The maximum atomic E-state index is 12.8. The zero-order valence-electron chi connectivity index (χ0n) is 9.41. The second-order valence-corrected chi connectivity index (χ2v) is 3.37. The van der Waals surface area contributed by atoms with Crippen LogP contribution in [0.25, 0.3) is 0 Å². The molecule has 0 aliphatic rings. The van der Waals surface area contributed by atoms with Gasteiger partial charge in [-0.25, -0.2) is 4.39 Å². The molecular weight excluding hydrogens is 211 g/mol. The van der Waals surface area contributed by atoms with Gasteiger partial charge in [0.25, 0.3) is 0 Å². The predicted molar refractivity (Wildman–Crippen MR) is 58.9 cm³/mol. The molecule has 3 nitrogen and oxygen atoms in total. The number of aliphatic hydroxyl groups is 1. The number of hydrogen-bond donors (Lipinski definition) is 1. The Labute approximate surface area is 94.8 Å². The molecule has 0 atom stereocenters. The molecular formula is C12H17FO3. The van der Waals surface area contributed by atoms with Crippen molar-refractivity contribution in [2.75, 3.05) is 19.8 Å². The standard InChI is InChI=1S/C12H17FO3/c1-2-5-15-6-7-16-12-4-3-11(13)8-10(12)9-14/h3-4,8,14H,2,5-7,9H2,1H3. The fourth-order valence-electron chi connectivity index (χ4n) is 1.27. The van der Waals surface area contributed by atoms with E-state index in [1.807, 2.05) is 6.92 Å². The highest BCUT2D eigenvalue weighted by atomic mass is 19.1. The Bertz CT molecular complexity index is 315. The smallest absolute Gasteiger partial charge is 0.125 e. The van der Waals surface area contributed by atoms with Crippen molar-refractivity contribution in [3.05, 3.63) is 29.6 Å². The Morgan fingerprint density at radius 2 is 2.06 bits per heavy atom. The van der Waals surface area contributed by atoms with E-state index in [0.29, 0.717) is 31.1 Å². The van der Waals surface area contributed by atoms with E-state index in [4.69, 9.17) is 14.6 Å². The van der Waals surface area contributed by atoms with Crippen molar-refractivity contribution in [3.63, 3.8) is 0 Å². The highest BCUT2D eigenvalue weighted by Crippen LogP contribution is 2.19. The Morgan fingerprint density at radius 1 is 1.25 bits per heavy atom. The number of rotatable bonds is 7. The zero-order valence-corrected chi connectivity index (χ0v) is 9.41. The third-order valence-electron chi connectivity index (χ3n) is 2.03. The van der Waals surface area contributed by atoms with Gasteiger partial charge in [0.2, 0.25) is 0 Å². The average Bonchev–Trinajstić information content (AvgIpc) is 2.30. The van der Waals surface area contributed by atoms with Crippen molar-refractivity contribution in [2.45, 2.75) is 20.0 Å². The summed E-state index contributed by atoms with van der Waals surface area (Å²) >= 11 is 0. The minimum Gasteiger partial charge on any atom is -0.491 e. The third-order valence-corrected chi connectivity index (χ3v) is 2.03. The molecule has 90 valence electrons. The van der Waals surface area contributed by atoms with Crippen LogP contribution in [0.1, 0.15) is 18.9 Å². The molecule has 0 saturated carbocycles. The highest BCUT2D eigenvalue weighted by Gasteiger charge is 2.04. The van der Waals surface area contributed by atoms with Gasteiger partial charge in [0.05, 0.1) is 13.2 Å². The molecule has 1 aromatic carbocycles. The minimum atomic E-state index is -0.376. The Kier molecular flexibility index (Phi) is 5.82. The Hall–Kier alpha value is -1.13. The van der Waals surface area contributed by atoms with Crippen LogP contribution in [-0.4, -0.2) is 24.9 Å². The van der Waals surface area contributed by atoms with Gasteiger partial charge in [0.1, 0.15) is 18.2 Å². The summed E-state index contributed by atoms with van der Waals surface area (Å²) in [6.45, 7) is 3.40. The number of aliphatic hydroxyl groups excluding tert-OH is 1. The van der Waals surface area contributed by atoms with Crippen molar-refractivity contribution < 1.29 is 19.0 Å². The number of halogens is 1. The van der Waals surface area contributed by atoms with Crippen molar-refractivity contribution in [1.29, 1.82) is 0 Å². The second kappa shape index (κ2) is 7.19. The van der Waals surface area contributed by atoms with E-state index in [-0.39, 0.29) is 12.4 Å². The molecule has 0 aromatic heterocycles. The first-order chi connectivity index (χ1) is 7.77. The van der Waals surface area contributed by atoms with Gasteiger partial charge in [-0.15, -0.1) is 0 Å². The molecule has 4 heteroatoms. The van der Waals surface area contributed by atoms with Crippen LogP contribution < -0.4 is 4.74 Å². The number of ether oxygens (including phenoxy) is 2. The van der Waals surface area contributed by atoms with Gasteiger partial charge >= 0.3 is 0 Å². The van der Waals surface area contributed by atoms with Crippen LogP contribution in [0.2, 0.25) is 0 Å². The molecule has 0 bridgehead atoms. The van der Waals surface area contributed by atoms with E-state index in [2.05, 4.69) is 0 Å². The van der Waals surface area contributed by atoms with Crippen LogP contribution in [0.5, 0.6) is 5.75 Å². The molecule has 1 N–H and O–H groups in total. The molecule has 0 heterocycles. The molecule has 0 aliphatic carbocycles. The van der Waals surface area contributed by atoms with Crippen LogP contribution in [0, 0.1) is 5.82 Å². The summed E-state index contributed by atoms with van der Waals surface area (Å²) in [5.74, 6) is 0.127. The molecule has 0 radical (unpaired) electrons. The average molecular weight is 228 g/mol. The number of hydrogen-bond acceptors (Lipinski definition) is 3. The first-order valence-corrected chi connectivity index (χ1v) is 5.37. The van der Waals surface area contributed by atoms with Gasteiger partial charge in [-0.05, 0) is 24.6 Å². The van der Waals surface area contributed by atoms with Crippen molar-refractivity contribution in [3.8, 4) is 5.75 Å². The lowest BCUT2D eigenvalue weighted by Gasteiger charge is -2.10. The van der Waals surface area contributed by atoms with Gasteiger partial charge in [0.15, 0.2) is 0 Å². The third kappa shape index (κ3) is 4.16. The largest absolute Gasteiger partial charge is 0.491 e. The van der Waals surface area contributed by atoms with Crippen LogP contribution in [0.4, 0.5) is 4.39 Å². The van der Waals surface area contributed by atoms with E-state index in [1.54, 1.807) is 0 Å². The molecule has 1 aromatic rings. The summed E-state index contributed by atoms with van der Waals surface area (Å²) in [6.07, 6.45) is 0.971. The summed E-state index contributed by atoms with van der Waals surface area (Å²) in [4.78, 5) is 0. The summed E-state index contributed by atoms with van der Waals surface area (Å²) in [6, 6.07) is 4.09. The van der Waals surface area contributed by atoms with Gasteiger partial charge in [-0.3, -0.25) is 0 Å². The molecule has 1 rings (SSSR count). The van der Waals surface area contributed by atoms with Crippen LogP contribution in [0.3, 0.4) is 0 Å². The lowest BCUT2D eigenvalue weighted by Crippen LogP contribution is -2.08. The summed E-state index contributed by atoms with van der Waals surface area (Å²) < 4.78 is 23.4. The number of benzene rings is 1. The Balaban J connectivity index is 2.41. The predicted octanol–water partition coefficient (Wildman–Crippen LogP) is 2.12. The monoisotopic (exact) mass is 228 g/mol. The molecule has 0 spiro atoms. The minimum absolute atomic E-state index is 0.233. The van der Waals surface area contributed by atoms with Crippen molar-refractivity contribution >= 4 is 0 Å². The van der Waals surface area contributed by atoms with Gasteiger partial charge in [-0.2, -0.15) is 0 Å². The van der Waals surface area contributed by atoms with Crippen LogP contribution >= 0.6 is 0 Å². The molecule has 0 fully saturated rings. The first-order valence-electron chi connectivity index (χ1n) is 5.37. The normalized spacial score (nSPS) is 10.4. The molecule has 0 saturated heterocycles. The van der Waals surface area contributed by atoms with E-state index in [1.165, 1.54) is 18.2 Å². The Morgan fingerprint density at radius 3 is 2.75 bits per heavy atom. The van der Waals surface area contributed by atoms with Gasteiger partial charge in [-0.1, -0.05) is 6.92 Å². The van der Waals surface area contributed by atoms with Gasteiger partial charge in [0, 0.05) is 12.2 Å². The fourth-order valence-corrected chi connectivity index (χ4v) is 1.27. The van der Waals surface area contributed by atoms with Crippen LogP contribution in [0.15, 0.2) is 18.2 Å². The second-order valence-electron chi connectivity index (χ2n) is 3.37. The maximum absolute atomic E-state index is 12.8. The van der Waals surface area contributed by atoms with Crippen molar-refractivity contribution in [1.82, 2.24) is 0 Å². The zero-order chi connectivity index (χ0) is 11.8. The first kappa shape index (κ1) is 12.9. The van der Waals surface area contributed by atoms with Gasteiger partial charge < -0.3 is 14.6 Å². The topological polar surface area (TPSA) is 38.7 Å². The summed E-state index contributed by atoms with van der Waals surface area (Å²) in [7, 11) is 0. The lowest BCUT2D eigenvalue weighted by atomic mass is 10.2. The lowest BCUT2D eigenvalue weighted by molar-refractivity contribution is 0.0996. The SMILES string of the molecule is CCCOCCOc1ccc(F)cc1CO. The molecule has 16 heavy (non-hydrogen) atoms. The quantitative estimate of drug-likeness (QED) is 0.726. The molecule has 0 unspecified atom stereocenters. The highest BCUT2D eigenvalue weighted by molar-refractivity contribution is 5.33. The van der Waals surface area contributed by atoms with Crippen LogP contribution in [-0.2, 0) is 11.3 Å². The molecule has 0 amide bonds. The van der Waals surface area contributed by atoms with E-state index in [9.17, 15) is 4.39 Å². The van der Waals surface area contributed by atoms with E-state index < -0.39 is 0 Å². The summed E-state index contributed by atoms with van der Waals surface area (Å²) in [5, 5.41) is 9.01. The van der Waals surface area contributed by atoms with E-state index >= 15 is 0 Å². The van der Waals surface area contributed by atoms with Crippen molar-refractivity contribution in [2.24, 2.45) is 0 Å². The molecule has 0 aliphatic heterocycles. The maximum Gasteiger partial charge on any atom is 0.125 e.